The Morgan fingerprint density at radius 3 is 2.16 bits per heavy atom. The molecule has 9 heteroatoms. The van der Waals surface area contributed by atoms with Crippen LogP contribution in [0.4, 0.5) is 0 Å². The number of hydrogen-bond donors (Lipinski definition) is 3. The van der Waals surface area contributed by atoms with Crippen LogP contribution in [0.2, 0.25) is 0 Å². The maximum absolute atomic E-state index is 11.5. The number of benzene rings is 1. The molecular weight excluding hydrogens is 290 g/mol. The highest BCUT2D eigenvalue weighted by Gasteiger charge is 2.10. The van der Waals surface area contributed by atoms with E-state index in [-0.39, 0.29) is 17.2 Å². The Morgan fingerprint density at radius 2 is 1.68 bits per heavy atom. The zero-order valence-electron chi connectivity index (χ0n) is 10.5. The van der Waals surface area contributed by atoms with Crippen LogP contribution in [0.5, 0.6) is 0 Å². The third-order valence-electron chi connectivity index (χ3n) is 2.37. The van der Waals surface area contributed by atoms with Gasteiger partial charge in [-0.15, -0.1) is 0 Å². The third kappa shape index (κ3) is 5.66. The second-order valence-electron chi connectivity index (χ2n) is 3.93. The number of rotatable bonds is 7. The molecule has 0 atom stereocenters. The lowest BCUT2D eigenvalue weighted by atomic mass is 10.2. The second-order valence-corrected chi connectivity index (χ2v) is 7.42. The van der Waals surface area contributed by atoms with E-state index >= 15 is 0 Å². The standard InChI is InChI=1S/C10H17N3O4S2/c1-12-6-7-18(14,15)13-8-9-2-4-10(5-3-9)19(11,16)17/h2-5,12-13H,6-8H2,1H3,(H2,11,16,17). The highest BCUT2D eigenvalue weighted by atomic mass is 32.2. The summed E-state index contributed by atoms with van der Waals surface area (Å²) < 4.78 is 47.5. The van der Waals surface area contributed by atoms with E-state index in [0.717, 1.165) is 0 Å². The molecule has 0 amide bonds. The molecule has 0 bridgehead atoms. The molecule has 4 N–H and O–H groups in total. The predicted octanol–water partition coefficient (Wildman–Crippen LogP) is -1.03. The molecule has 7 nitrogen and oxygen atoms in total. The van der Waals surface area contributed by atoms with E-state index in [1.165, 1.54) is 24.3 Å². The van der Waals surface area contributed by atoms with Gasteiger partial charge in [-0.2, -0.15) is 0 Å². The summed E-state index contributed by atoms with van der Waals surface area (Å²) in [7, 11) is -5.39. The fourth-order valence-corrected chi connectivity index (χ4v) is 2.82. The molecule has 1 aromatic carbocycles. The Labute approximate surface area is 113 Å². The topological polar surface area (TPSA) is 118 Å². The van der Waals surface area contributed by atoms with E-state index in [1.54, 1.807) is 7.05 Å². The van der Waals surface area contributed by atoms with Crippen molar-refractivity contribution in [1.29, 1.82) is 0 Å². The summed E-state index contributed by atoms with van der Waals surface area (Å²) in [6, 6.07) is 5.71. The van der Waals surface area contributed by atoms with Gasteiger partial charge in [-0.05, 0) is 24.7 Å². The average molecular weight is 307 g/mol. The Bertz CT molecular complexity index is 609. The lowest BCUT2D eigenvalue weighted by Gasteiger charge is -2.07. The van der Waals surface area contributed by atoms with Crippen molar-refractivity contribution in [2.75, 3.05) is 19.3 Å². The van der Waals surface area contributed by atoms with Gasteiger partial charge in [0.2, 0.25) is 20.0 Å². The van der Waals surface area contributed by atoms with Crippen molar-refractivity contribution in [2.45, 2.75) is 11.4 Å². The number of primary sulfonamides is 1. The SMILES string of the molecule is CNCCS(=O)(=O)NCc1ccc(S(N)(=O)=O)cc1. The lowest BCUT2D eigenvalue weighted by molar-refractivity contribution is 0.578. The average Bonchev–Trinajstić information content (AvgIpc) is 2.34. The van der Waals surface area contributed by atoms with Crippen LogP contribution in [0.3, 0.4) is 0 Å². The van der Waals surface area contributed by atoms with Gasteiger partial charge in [0.1, 0.15) is 0 Å². The summed E-state index contributed by atoms with van der Waals surface area (Å²) in [5.74, 6) is -0.0151. The van der Waals surface area contributed by atoms with E-state index in [0.29, 0.717) is 12.1 Å². The first-order chi connectivity index (χ1) is 8.74. The van der Waals surface area contributed by atoms with Gasteiger partial charge in [-0.1, -0.05) is 12.1 Å². The first-order valence-corrected chi connectivity index (χ1v) is 8.68. The third-order valence-corrected chi connectivity index (χ3v) is 4.62. The Kier molecular flexibility index (Phi) is 5.44. The van der Waals surface area contributed by atoms with Crippen LogP contribution in [0.15, 0.2) is 29.2 Å². The summed E-state index contributed by atoms with van der Waals surface area (Å²) >= 11 is 0. The zero-order chi connectivity index (χ0) is 14.5. The highest BCUT2D eigenvalue weighted by molar-refractivity contribution is 7.89. The normalized spacial score (nSPS) is 12.5. The molecule has 0 heterocycles. The van der Waals surface area contributed by atoms with Crippen LogP contribution in [-0.4, -0.2) is 36.2 Å². The molecule has 0 saturated heterocycles. The molecule has 0 aliphatic carbocycles. The number of sulfonamides is 2. The van der Waals surface area contributed by atoms with Gasteiger partial charge in [-0.3, -0.25) is 0 Å². The van der Waals surface area contributed by atoms with E-state index in [4.69, 9.17) is 5.14 Å². The monoisotopic (exact) mass is 307 g/mol. The van der Waals surface area contributed by atoms with Crippen LogP contribution >= 0.6 is 0 Å². The van der Waals surface area contributed by atoms with Crippen molar-refractivity contribution in [1.82, 2.24) is 10.0 Å². The minimum absolute atomic E-state index is 0.00529. The maximum atomic E-state index is 11.5. The van der Waals surface area contributed by atoms with Crippen molar-refractivity contribution < 1.29 is 16.8 Å². The van der Waals surface area contributed by atoms with E-state index < -0.39 is 20.0 Å². The van der Waals surface area contributed by atoms with Crippen molar-refractivity contribution in [2.24, 2.45) is 5.14 Å². The van der Waals surface area contributed by atoms with E-state index in [2.05, 4.69) is 10.0 Å². The number of nitrogens with one attached hydrogen (secondary N) is 2. The van der Waals surface area contributed by atoms with Crippen LogP contribution in [-0.2, 0) is 26.6 Å². The molecule has 0 unspecified atom stereocenters. The van der Waals surface area contributed by atoms with Gasteiger partial charge in [-0.25, -0.2) is 26.7 Å². The molecule has 19 heavy (non-hydrogen) atoms. The van der Waals surface area contributed by atoms with Crippen molar-refractivity contribution in [3.05, 3.63) is 29.8 Å². The number of nitrogens with two attached hydrogens (primary N) is 1. The molecule has 0 radical (unpaired) electrons. The molecule has 1 aromatic rings. The minimum Gasteiger partial charge on any atom is -0.319 e. The fraction of sp³-hybridized carbons (Fsp3) is 0.400. The van der Waals surface area contributed by atoms with Crippen LogP contribution in [0, 0.1) is 0 Å². The molecule has 0 aromatic heterocycles. The molecule has 0 saturated carbocycles. The molecule has 0 aliphatic heterocycles. The first-order valence-electron chi connectivity index (χ1n) is 5.48. The largest absolute Gasteiger partial charge is 0.319 e. The first kappa shape index (κ1) is 16.1. The highest BCUT2D eigenvalue weighted by Crippen LogP contribution is 2.08. The predicted molar refractivity (Wildman–Crippen MR) is 72.4 cm³/mol. The molecule has 0 spiro atoms. The summed E-state index contributed by atoms with van der Waals surface area (Å²) in [5.41, 5.74) is 0.653. The van der Waals surface area contributed by atoms with Crippen molar-refractivity contribution in [3.63, 3.8) is 0 Å². The quantitative estimate of drug-likeness (QED) is 0.595. The Morgan fingerprint density at radius 1 is 1.11 bits per heavy atom. The van der Waals surface area contributed by atoms with E-state index in [1.807, 2.05) is 0 Å². The summed E-state index contributed by atoms with van der Waals surface area (Å²) in [5, 5.41) is 7.71. The molecule has 1 rings (SSSR count). The second kappa shape index (κ2) is 6.44. The fourth-order valence-electron chi connectivity index (χ4n) is 1.30. The Hall–Kier alpha value is -1.00. The van der Waals surface area contributed by atoms with Gasteiger partial charge in [0, 0.05) is 13.1 Å². The molecule has 108 valence electrons. The van der Waals surface area contributed by atoms with Crippen LogP contribution < -0.4 is 15.2 Å². The smallest absolute Gasteiger partial charge is 0.238 e. The van der Waals surface area contributed by atoms with E-state index in [9.17, 15) is 16.8 Å². The number of hydrogen-bond acceptors (Lipinski definition) is 5. The van der Waals surface area contributed by atoms with Crippen LogP contribution in [0.1, 0.15) is 5.56 Å². The minimum atomic E-state index is -3.72. The molecule has 0 fully saturated rings. The van der Waals surface area contributed by atoms with Gasteiger partial charge >= 0.3 is 0 Å². The van der Waals surface area contributed by atoms with Gasteiger partial charge in [0.05, 0.1) is 10.6 Å². The summed E-state index contributed by atoms with van der Waals surface area (Å²) in [4.78, 5) is -0.00529. The zero-order valence-corrected chi connectivity index (χ0v) is 12.1. The van der Waals surface area contributed by atoms with Gasteiger partial charge in [0.25, 0.3) is 0 Å². The molecular formula is C10H17N3O4S2. The lowest BCUT2D eigenvalue weighted by Crippen LogP contribution is -2.30. The molecule has 0 aliphatic rings. The van der Waals surface area contributed by atoms with Crippen molar-refractivity contribution in [3.8, 4) is 0 Å². The summed E-state index contributed by atoms with van der Waals surface area (Å²) in [6.45, 7) is 0.469. The Balaban J connectivity index is 2.65. The van der Waals surface area contributed by atoms with Crippen molar-refractivity contribution >= 4 is 20.0 Å². The van der Waals surface area contributed by atoms with Gasteiger partial charge in [0.15, 0.2) is 0 Å². The van der Waals surface area contributed by atoms with Crippen LogP contribution in [0.25, 0.3) is 0 Å². The van der Waals surface area contributed by atoms with Gasteiger partial charge < -0.3 is 5.32 Å². The summed E-state index contributed by atoms with van der Waals surface area (Å²) in [6.07, 6.45) is 0. The maximum Gasteiger partial charge on any atom is 0.238 e.